The molecule has 0 bridgehead atoms. The summed E-state index contributed by atoms with van der Waals surface area (Å²) in [5.74, 6) is 0. The molecule has 90 valence electrons. The quantitative estimate of drug-likeness (QED) is 0.647. The molecule has 0 atom stereocenters. The Morgan fingerprint density at radius 2 is 1.88 bits per heavy atom. The molecule has 0 aliphatic heterocycles. The van der Waals surface area contributed by atoms with E-state index < -0.39 is 0 Å². The SMILES string of the molecule is CCCCCNCCOCc1ccccc1. The van der Waals surface area contributed by atoms with E-state index in [-0.39, 0.29) is 0 Å². The largest absolute Gasteiger partial charge is 0.375 e. The smallest absolute Gasteiger partial charge is 0.0717 e. The monoisotopic (exact) mass is 221 g/mol. The summed E-state index contributed by atoms with van der Waals surface area (Å²) in [7, 11) is 0. The number of rotatable bonds is 9. The minimum absolute atomic E-state index is 0.720. The van der Waals surface area contributed by atoms with Crippen LogP contribution in [-0.4, -0.2) is 19.7 Å². The molecule has 1 rings (SSSR count). The van der Waals surface area contributed by atoms with E-state index in [0.29, 0.717) is 0 Å². The predicted molar refractivity (Wildman–Crippen MR) is 68.5 cm³/mol. The van der Waals surface area contributed by atoms with Crippen LogP contribution in [0, 0.1) is 0 Å². The van der Waals surface area contributed by atoms with Crippen LogP contribution in [0.1, 0.15) is 31.7 Å². The van der Waals surface area contributed by atoms with E-state index in [9.17, 15) is 0 Å². The van der Waals surface area contributed by atoms with Crippen molar-refractivity contribution < 1.29 is 4.74 Å². The second kappa shape index (κ2) is 9.37. The van der Waals surface area contributed by atoms with Crippen LogP contribution in [0.4, 0.5) is 0 Å². The summed E-state index contributed by atoms with van der Waals surface area (Å²) in [5.41, 5.74) is 1.24. The third kappa shape index (κ3) is 6.59. The molecule has 1 aromatic carbocycles. The van der Waals surface area contributed by atoms with Gasteiger partial charge < -0.3 is 10.1 Å². The molecule has 0 saturated heterocycles. The predicted octanol–water partition coefficient (Wildman–Crippen LogP) is 2.98. The maximum absolute atomic E-state index is 5.56. The van der Waals surface area contributed by atoms with Crippen molar-refractivity contribution in [1.82, 2.24) is 5.32 Å². The first-order valence-electron chi connectivity index (χ1n) is 6.26. The summed E-state index contributed by atoms with van der Waals surface area (Å²) in [4.78, 5) is 0. The van der Waals surface area contributed by atoms with Crippen LogP contribution in [0.15, 0.2) is 30.3 Å². The van der Waals surface area contributed by atoms with Crippen LogP contribution >= 0.6 is 0 Å². The van der Waals surface area contributed by atoms with Gasteiger partial charge in [0.1, 0.15) is 0 Å². The maximum atomic E-state index is 5.56. The Morgan fingerprint density at radius 1 is 1.06 bits per heavy atom. The normalized spacial score (nSPS) is 10.6. The van der Waals surface area contributed by atoms with Gasteiger partial charge in [0.2, 0.25) is 0 Å². The number of ether oxygens (including phenoxy) is 1. The Bertz CT molecular complexity index is 248. The van der Waals surface area contributed by atoms with Crippen molar-refractivity contribution in [2.75, 3.05) is 19.7 Å². The van der Waals surface area contributed by atoms with Gasteiger partial charge in [-0.15, -0.1) is 0 Å². The summed E-state index contributed by atoms with van der Waals surface area (Å²) in [6.07, 6.45) is 3.87. The maximum Gasteiger partial charge on any atom is 0.0717 e. The van der Waals surface area contributed by atoms with E-state index in [2.05, 4.69) is 24.4 Å². The zero-order valence-corrected chi connectivity index (χ0v) is 10.2. The second-order valence-electron chi connectivity index (χ2n) is 4.00. The third-order valence-corrected chi connectivity index (χ3v) is 2.49. The van der Waals surface area contributed by atoms with Gasteiger partial charge in [0.25, 0.3) is 0 Å². The fourth-order valence-corrected chi connectivity index (χ4v) is 1.53. The number of hydrogen-bond acceptors (Lipinski definition) is 2. The lowest BCUT2D eigenvalue weighted by Gasteiger charge is -2.05. The Balaban J connectivity index is 1.89. The molecule has 0 radical (unpaired) electrons. The van der Waals surface area contributed by atoms with Crippen LogP contribution in [0.5, 0.6) is 0 Å². The highest BCUT2D eigenvalue weighted by Gasteiger charge is 1.91. The van der Waals surface area contributed by atoms with Gasteiger partial charge in [0.05, 0.1) is 13.2 Å². The van der Waals surface area contributed by atoms with Gasteiger partial charge in [-0.3, -0.25) is 0 Å². The van der Waals surface area contributed by atoms with Crippen LogP contribution in [0.2, 0.25) is 0 Å². The molecule has 0 spiro atoms. The van der Waals surface area contributed by atoms with Crippen LogP contribution in [-0.2, 0) is 11.3 Å². The van der Waals surface area contributed by atoms with E-state index in [1.54, 1.807) is 0 Å². The molecule has 0 aromatic heterocycles. The van der Waals surface area contributed by atoms with Crippen molar-refractivity contribution in [3.05, 3.63) is 35.9 Å². The van der Waals surface area contributed by atoms with E-state index in [1.807, 2.05) is 18.2 Å². The Labute approximate surface area is 99.0 Å². The average Bonchev–Trinajstić information content (AvgIpc) is 2.34. The molecule has 0 amide bonds. The van der Waals surface area contributed by atoms with Crippen molar-refractivity contribution >= 4 is 0 Å². The first kappa shape index (κ1) is 13.2. The highest BCUT2D eigenvalue weighted by atomic mass is 16.5. The fourth-order valence-electron chi connectivity index (χ4n) is 1.53. The molecule has 2 nitrogen and oxygen atoms in total. The molecule has 16 heavy (non-hydrogen) atoms. The van der Waals surface area contributed by atoms with Gasteiger partial charge >= 0.3 is 0 Å². The van der Waals surface area contributed by atoms with Crippen molar-refractivity contribution in [2.45, 2.75) is 32.8 Å². The number of hydrogen-bond donors (Lipinski definition) is 1. The molecule has 0 heterocycles. The Morgan fingerprint density at radius 3 is 2.62 bits per heavy atom. The molecule has 2 heteroatoms. The van der Waals surface area contributed by atoms with Gasteiger partial charge in [-0.2, -0.15) is 0 Å². The number of benzene rings is 1. The van der Waals surface area contributed by atoms with Gasteiger partial charge in [-0.1, -0.05) is 50.1 Å². The fraction of sp³-hybridized carbons (Fsp3) is 0.571. The lowest BCUT2D eigenvalue weighted by Crippen LogP contribution is -2.20. The summed E-state index contributed by atoms with van der Waals surface area (Å²) in [6.45, 7) is 5.81. The summed E-state index contributed by atoms with van der Waals surface area (Å²) in [6, 6.07) is 10.3. The van der Waals surface area contributed by atoms with Crippen molar-refractivity contribution in [3.8, 4) is 0 Å². The third-order valence-electron chi connectivity index (χ3n) is 2.49. The zero-order valence-electron chi connectivity index (χ0n) is 10.2. The number of nitrogens with one attached hydrogen (secondary N) is 1. The number of unbranched alkanes of at least 4 members (excludes halogenated alkanes) is 2. The van der Waals surface area contributed by atoms with Crippen molar-refractivity contribution in [3.63, 3.8) is 0 Å². The van der Waals surface area contributed by atoms with Gasteiger partial charge in [-0.25, -0.2) is 0 Å². The van der Waals surface area contributed by atoms with Crippen molar-refractivity contribution in [2.24, 2.45) is 0 Å². The zero-order chi connectivity index (χ0) is 11.5. The molecule has 1 N–H and O–H groups in total. The molecule has 0 aliphatic carbocycles. The van der Waals surface area contributed by atoms with E-state index >= 15 is 0 Å². The topological polar surface area (TPSA) is 21.3 Å². The average molecular weight is 221 g/mol. The molecule has 0 saturated carbocycles. The molecular formula is C14H23NO. The molecule has 0 aliphatic rings. The lowest BCUT2D eigenvalue weighted by atomic mass is 10.2. The second-order valence-corrected chi connectivity index (χ2v) is 4.00. The van der Waals surface area contributed by atoms with E-state index in [1.165, 1.54) is 24.8 Å². The highest BCUT2D eigenvalue weighted by molar-refractivity contribution is 5.13. The Hall–Kier alpha value is -0.860. The molecule has 0 fully saturated rings. The lowest BCUT2D eigenvalue weighted by molar-refractivity contribution is 0.123. The first-order valence-corrected chi connectivity index (χ1v) is 6.26. The summed E-state index contributed by atoms with van der Waals surface area (Å²) >= 11 is 0. The highest BCUT2D eigenvalue weighted by Crippen LogP contribution is 1.99. The Kier molecular flexibility index (Phi) is 7.74. The van der Waals surface area contributed by atoms with E-state index in [0.717, 1.165) is 26.3 Å². The van der Waals surface area contributed by atoms with Gasteiger partial charge in [0, 0.05) is 6.54 Å². The van der Waals surface area contributed by atoms with Crippen molar-refractivity contribution in [1.29, 1.82) is 0 Å². The van der Waals surface area contributed by atoms with Crippen LogP contribution in [0.25, 0.3) is 0 Å². The molecule has 0 unspecified atom stereocenters. The minimum Gasteiger partial charge on any atom is -0.375 e. The minimum atomic E-state index is 0.720. The molecule has 1 aromatic rings. The van der Waals surface area contributed by atoms with Gasteiger partial charge in [0.15, 0.2) is 0 Å². The van der Waals surface area contributed by atoms with Crippen LogP contribution in [0.3, 0.4) is 0 Å². The van der Waals surface area contributed by atoms with E-state index in [4.69, 9.17) is 4.74 Å². The first-order chi connectivity index (χ1) is 7.93. The molecular weight excluding hydrogens is 198 g/mol. The van der Waals surface area contributed by atoms with Crippen LogP contribution < -0.4 is 5.32 Å². The summed E-state index contributed by atoms with van der Waals surface area (Å²) in [5, 5.41) is 3.38. The van der Waals surface area contributed by atoms with Gasteiger partial charge in [-0.05, 0) is 18.5 Å². The summed E-state index contributed by atoms with van der Waals surface area (Å²) < 4.78 is 5.56. The standard InChI is InChI=1S/C14H23NO/c1-2-3-7-10-15-11-12-16-13-14-8-5-4-6-9-14/h4-6,8-9,15H,2-3,7,10-13H2,1H3.